The average molecular weight is 269 g/mol. The lowest BCUT2D eigenvalue weighted by Crippen LogP contribution is -2.45. The number of nitrogens with zero attached hydrogens (tertiary/aromatic N) is 1. The van der Waals surface area contributed by atoms with E-state index in [4.69, 9.17) is 14.6 Å². The van der Waals surface area contributed by atoms with Gasteiger partial charge in [-0.2, -0.15) is 0 Å². The summed E-state index contributed by atoms with van der Waals surface area (Å²) in [4.78, 5) is 24.7. The predicted molar refractivity (Wildman–Crippen MR) is 66.2 cm³/mol. The average Bonchev–Trinajstić information content (AvgIpc) is 2.45. The summed E-state index contributed by atoms with van der Waals surface area (Å²) in [7, 11) is 0. The molecule has 6 nitrogen and oxygen atoms in total. The van der Waals surface area contributed by atoms with Crippen molar-refractivity contribution in [2.45, 2.75) is 38.1 Å². The van der Waals surface area contributed by atoms with Crippen LogP contribution in [0.3, 0.4) is 0 Å². The number of hydrogen-bond acceptors (Lipinski definition) is 4. The molecular weight excluding hydrogens is 250 g/mol. The van der Waals surface area contributed by atoms with Crippen LogP contribution in [0.1, 0.15) is 32.1 Å². The van der Waals surface area contributed by atoms with Gasteiger partial charge in [0.05, 0.1) is 0 Å². The van der Waals surface area contributed by atoms with Gasteiger partial charge in [0.1, 0.15) is 19.5 Å². The van der Waals surface area contributed by atoms with Gasteiger partial charge in [0.15, 0.2) is 0 Å². The molecule has 2 aliphatic rings. The second-order valence-electron chi connectivity index (χ2n) is 4.78. The lowest BCUT2D eigenvalue weighted by molar-refractivity contribution is -0.140. The van der Waals surface area contributed by atoms with Crippen LogP contribution >= 0.6 is 0 Å². The maximum absolute atomic E-state index is 12.3. The van der Waals surface area contributed by atoms with Crippen LogP contribution in [0.15, 0.2) is 12.0 Å². The molecule has 0 aliphatic carbocycles. The minimum atomic E-state index is -0.825. The Hall–Kier alpha value is -1.72. The summed E-state index contributed by atoms with van der Waals surface area (Å²) in [6, 6.07) is -0.0104. The van der Waals surface area contributed by atoms with E-state index < -0.39 is 5.97 Å². The second-order valence-corrected chi connectivity index (χ2v) is 4.78. The van der Waals surface area contributed by atoms with Crippen molar-refractivity contribution in [3.05, 3.63) is 12.0 Å². The monoisotopic (exact) mass is 269 g/mol. The molecule has 6 heteroatoms. The SMILES string of the molecule is O=C(O)CCC1CCCCN1C(=O)C1=COCCO1. The van der Waals surface area contributed by atoms with E-state index in [0.29, 0.717) is 26.2 Å². The molecule has 0 saturated carbocycles. The van der Waals surface area contributed by atoms with Crippen LogP contribution in [0.2, 0.25) is 0 Å². The molecule has 1 saturated heterocycles. The number of carbonyl (C=O) groups excluding carboxylic acids is 1. The molecule has 1 atom stereocenters. The van der Waals surface area contributed by atoms with Gasteiger partial charge in [0, 0.05) is 19.0 Å². The normalized spacial score (nSPS) is 23.1. The Morgan fingerprint density at radius 1 is 1.37 bits per heavy atom. The van der Waals surface area contributed by atoms with E-state index in [1.807, 2.05) is 0 Å². The van der Waals surface area contributed by atoms with Gasteiger partial charge in [-0.3, -0.25) is 9.59 Å². The molecule has 0 aromatic carbocycles. The first-order valence-corrected chi connectivity index (χ1v) is 6.66. The first kappa shape index (κ1) is 13.7. The number of likely N-dealkylation sites (tertiary alicyclic amines) is 1. The van der Waals surface area contributed by atoms with Crippen molar-refractivity contribution in [1.82, 2.24) is 4.90 Å². The van der Waals surface area contributed by atoms with Gasteiger partial charge in [0.2, 0.25) is 5.76 Å². The largest absolute Gasteiger partial charge is 0.494 e. The minimum absolute atomic E-state index is 0.0104. The smallest absolute Gasteiger partial charge is 0.303 e. The van der Waals surface area contributed by atoms with E-state index in [-0.39, 0.29) is 24.1 Å². The molecule has 1 N–H and O–H groups in total. The van der Waals surface area contributed by atoms with E-state index in [0.717, 1.165) is 19.3 Å². The van der Waals surface area contributed by atoms with Gasteiger partial charge >= 0.3 is 5.97 Å². The quantitative estimate of drug-likeness (QED) is 0.827. The molecule has 0 bridgehead atoms. The maximum atomic E-state index is 12.3. The second kappa shape index (κ2) is 6.45. The summed E-state index contributed by atoms with van der Waals surface area (Å²) < 4.78 is 10.4. The highest BCUT2D eigenvalue weighted by atomic mass is 16.6. The molecule has 0 spiro atoms. The van der Waals surface area contributed by atoms with Crippen LogP contribution in [-0.4, -0.2) is 47.7 Å². The topological polar surface area (TPSA) is 76.1 Å². The van der Waals surface area contributed by atoms with Crippen LogP contribution in [0.25, 0.3) is 0 Å². The summed E-state index contributed by atoms with van der Waals surface area (Å²) >= 11 is 0. The number of ether oxygens (including phenoxy) is 2. The molecule has 0 radical (unpaired) electrons. The van der Waals surface area contributed by atoms with Crippen LogP contribution < -0.4 is 0 Å². The lowest BCUT2D eigenvalue weighted by Gasteiger charge is -2.36. The molecule has 2 heterocycles. The number of amides is 1. The summed E-state index contributed by atoms with van der Waals surface area (Å²) in [6.45, 7) is 1.49. The minimum Gasteiger partial charge on any atom is -0.494 e. The van der Waals surface area contributed by atoms with Crippen LogP contribution in [0, 0.1) is 0 Å². The summed E-state index contributed by atoms with van der Waals surface area (Å²) in [6.07, 6.45) is 4.77. The number of carboxylic acid groups (broad SMARTS) is 1. The standard InChI is InChI=1S/C13H19NO5/c15-12(16)5-4-10-3-1-2-6-14(10)13(17)11-9-18-7-8-19-11/h9-10H,1-8H2,(H,15,16). The van der Waals surface area contributed by atoms with E-state index in [9.17, 15) is 9.59 Å². The third kappa shape index (κ3) is 3.62. The summed E-state index contributed by atoms with van der Waals surface area (Å²) in [5, 5.41) is 8.76. The number of piperidine rings is 1. The van der Waals surface area contributed by atoms with Crippen molar-refractivity contribution in [3.63, 3.8) is 0 Å². The molecular formula is C13H19NO5. The number of aliphatic carboxylic acids is 1. The molecule has 1 unspecified atom stereocenters. The number of carboxylic acids is 1. The zero-order valence-electron chi connectivity index (χ0n) is 10.8. The molecule has 1 fully saturated rings. The van der Waals surface area contributed by atoms with Crippen molar-refractivity contribution in [2.75, 3.05) is 19.8 Å². The Bertz CT molecular complexity index is 379. The number of carbonyl (C=O) groups is 2. The maximum Gasteiger partial charge on any atom is 0.303 e. The summed E-state index contributed by atoms with van der Waals surface area (Å²) in [5.41, 5.74) is 0. The highest BCUT2D eigenvalue weighted by molar-refractivity contribution is 5.91. The Morgan fingerprint density at radius 2 is 2.21 bits per heavy atom. The molecule has 2 rings (SSSR count). The Labute approximate surface area is 112 Å². The lowest BCUT2D eigenvalue weighted by atomic mass is 9.97. The van der Waals surface area contributed by atoms with Gasteiger partial charge in [0.25, 0.3) is 5.91 Å². The first-order chi connectivity index (χ1) is 9.18. The first-order valence-electron chi connectivity index (χ1n) is 6.66. The fraction of sp³-hybridized carbons (Fsp3) is 0.692. The van der Waals surface area contributed by atoms with E-state index in [2.05, 4.69) is 0 Å². The zero-order chi connectivity index (χ0) is 13.7. The third-order valence-electron chi connectivity index (χ3n) is 3.44. The Kier molecular flexibility index (Phi) is 4.65. The van der Waals surface area contributed by atoms with Crippen LogP contribution in [0.4, 0.5) is 0 Å². The van der Waals surface area contributed by atoms with Crippen molar-refractivity contribution in [3.8, 4) is 0 Å². The number of hydrogen-bond donors (Lipinski definition) is 1. The molecule has 0 aromatic heterocycles. The van der Waals surface area contributed by atoms with Crippen molar-refractivity contribution < 1.29 is 24.2 Å². The zero-order valence-corrected chi connectivity index (χ0v) is 10.8. The molecule has 0 aromatic rings. The molecule has 1 amide bonds. The highest BCUT2D eigenvalue weighted by Gasteiger charge is 2.30. The summed E-state index contributed by atoms with van der Waals surface area (Å²) in [5.74, 6) is -0.780. The fourth-order valence-electron chi connectivity index (χ4n) is 2.48. The van der Waals surface area contributed by atoms with Crippen molar-refractivity contribution >= 4 is 11.9 Å². The van der Waals surface area contributed by atoms with Gasteiger partial charge in [-0.1, -0.05) is 0 Å². The van der Waals surface area contributed by atoms with Gasteiger partial charge in [-0.15, -0.1) is 0 Å². The van der Waals surface area contributed by atoms with Crippen LogP contribution in [0.5, 0.6) is 0 Å². The Balaban J connectivity index is 1.99. The highest BCUT2D eigenvalue weighted by Crippen LogP contribution is 2.23. The fourth-order valence-corrected chi connectivity index (χ4v) is 2.48. The molecule has 106 valence electrons. The van der Waals surface area contributed by atoms with Gasteiger partial charge in [-0.25, -0.2) is 0 Å². The third-order valence-corrected chi connectivity index (χ3v) is 3.44. The van der Waals surface area contributed by atoms with Crippen molar-refractivity contribution in [1.29, 1.82) is 0 Å². The van der Waals surface area contributed by atoms with E-state index in [1.165, 1.54) is 6.26 Å². The van der Waals surface area contributed by atoms with E-state index in [1.54, 1.807) is 4.90 Å². The Morgan fingerprint density at radius 3 is 2.89 bits per heavy atom. The number of rotatable bonds is 4. The van der Waals surface area contributed by atoms with Gasteiger partial charge in [-0.05, 0) is 25.7 Å². The molecule has 19 heavy (non-hydrogen) atoms. The molecule has 2 aliphatic heterocycles. The van der Waals surface area contributed by atoms with Crippen LogP contribution in [-0.2, 0) is 19.1 Å². The van der Waals surface area contributed by atoms with Gasteiger partial charge < -0.3 is 19.5 Å². The predicted octanol–water partition coefficient (Wildman–Crippen LogP) is 1.12. The van der Waals surface area contributed by atoms with Crippen molar-refractivity contribution in [2.24, 2.45) is 0 Å². The van der Waals surface area contributed by atoms with E-state index >= 15 is 0 Å².